The first-order valence-corrected chi connectivity index (χ1v) is 5.65. The number of hydrogen-bond donors (Lipinski definition) is 4. The van der Waals surface area contributed by atoms with E-state index in [1.54, 1.807) is 13.8 Å². The highest BCUT2D eigenvalue weighted by atomic mass is 16.4. The molecule has 0 fully saturated rings. The van der Waals surface area contributed by atoms with Crippen LogP contribution in [-0.4, -0.2) is 55.4 Å². The minimum absolute atomic E-state index is 0.382. The van der Waals surface area contributed by atoms with Crippen LogP contribution in [0.5, 0.6) is 0 Å². The standard InChI is InChI=1S/C10H24N2O4/c1-5-9(15)12(10(16)6-2)11(7(3)13)8(4)14/h7-10,13-16H,5-6H2,1-4H3. The third-order valence-electron chi connectivity index (χ3n) is 2.37. The summed E-state index contributed by atoms with van der Waals surface area (Å²) in [6.07, 6.45) is -3.12. The smallest absolute Gasteiger partial charge is 0.122 e. The minimum atomic E-state index is -0.998. The van der Waals surface area contributed by atoms with E-state index in [0.717, 1.165) is 5.01 Å². The molecule has 4 atom stereocenters. The monoisotopic (exact) mass is 236 g/mol. The minimum Gasteiger partial charge on any atom is -0.377 e. The third-order valence-corrected chi connectivity index (χ3v) is 2.37. The Morgan fingerprint density at radius 3 is 1.25 bits per heavy atom. The second kappa shape index (κ2) is 7.16. The molecule has 16 heavy (non-hydrogen) atoms. The van der Waals surface area contributed by atoms with Crippen molar-refractivity contribution in [2.45, 2.75) is 65.4 Å². The van der Waals surface area contributed by atoms with E-state index >= 15 is 0 Å². The zero-order chi connectivity index (χ0) is 12.9. The molecule has 0 saturated heterocycles. The lowest BCUT2D eigenvalue weighted by Crippen LogP contribution is -2.60. The Hall–Kier alpha value is -0.240. The molecule has 0 saturated carbocycles. The summed E-state index contributed by atoms with van der Waals surface area (Å²) in [5.41, 5.74) is 0. The van der Waals surface area contributed by atoms with Crippen LogP contribution in [0.15, 0.2) is 0 Å². The van der Waals surface area contributed by atoms with E-state index in [2.05, 4.69) is 0 Å². The van der Waals surface area contributed by atoms with Gasteiger partial charge in [0.15, 0.2) is 0 Å². The molecule has 0 aromatic rings. The van der Waals surface area contributed by atoms with Crippen LogP contribution in [0.25, 0.3) is 0 Å². The fourth-order valence-corrected chi connectivity index (χ4v) is 1.58. The number of hydrogen-bond acceptors (Lipinski definition) is 6. The summed E-state index contributed by atoms with van der Waals surface area (Å²) in [5, 5.41) is 41.0. The van der Waals surface area contributed by atoms with Crippen molar-refractivity contribution in [3.8, 4) is 0 Å². The Balaban J connectivity index is 4.96. The molecule has 4 unspecified atom stereocenters. The van der Waals surface area contributed by atoms with E-state index in [-0.39, 0.29) is 0 Å². The Morgan fingerprint density at radius 1 is 0.750 bits per heavy atom. The second-order valence-electron chi connectivity index (χ2n) is 3.80. The molecule has 0 rings (SSSR count). The van der Waals surface area contributed by atoms with Crippen molar-refractivity contribution in [2.75, 3.05) is 0 Å². The van der Waals surface area contributed by atoms with E-state index in [4.69, 9.17) is 0 Å². The summed E-state index contributed by atoms with van der Waals surface area (Å²) in [6, 6.07) is 0. The predicted molar refractivity (Wildman–Crippen MR) is 59.6 cm³/mol. The zero-order valence-electron chi connectivity index (χ0n) is 10.4. The van der Waals surface area contributed by atoms with Crippen molar-refractivity contribution >= 4 is 0 Å². The van der Waals surface area contributed by atoms with E-state index in [1.807, 2.05) is 0 Å². The van der Waals surface area contributed by atoms with Gasteiger partial charge < -0.3 is 20.4 Å². The number of nitrogens with zero attached hydrogens (tertiary/aromatic N) is 2. The van der Waals surface area contributed by atoms with Crippen LogP contribution < -0.4 is 0 Å². The average Bonchev–Trinajstić information content (AvgIpc) is 2.22. The van der Waals surface area contributed by atoms with Gasteiger partial charge in [0.25, 0.3) is 0 Å². The van der Waals surface area contributed by atoms with Crippen LogP contribution in [0.4, 0.5) is 0 Å². The molecule has 98 valence electrons. The Kier molecular flexibility index (Phi) is 7.05. The predicted octanol–water partition coefficient (Wildman–Crippen LogP) is -0.361. The van der Waals surface area contributed by atoms with Crippen molar-refractivity contribution in [2.24, 2.45) is 0 Å². The summed E-state index contributed by atoms with van der Waals surface area (Å²) in [5.74, 6) is 0. The topological polar surface area (TPSA) is 87.4 Å². The van der Waals surface area contributed by atoms with Gasteiger partial charge in [-0.2, -0.15) is 10.0 Å². The van der Waals surface area contributed by atoms with E-state index in [1.165, 1.54) is 18.9 Å². The Labute approximate surface area is 96.7 Å². The van der Waals surface area contributed by atoms with Gasteiger partial charge in [-0.1, -0.05) is 13.8 Å². The van der Waals surface area contributed by atoms with Gasteiger partial charge in [0.2, 0.25) is 0 Å². The molecule has 0 aliphatic heterocycles. The molecule has 0 bridgehead atoms. The van der Waals surface area contributed by atoms with Gasteiger partial charge in [0.1, 0.15) is 24.9 Å². The Bertz CT molecular complexity index is 172. The SMILES string of the molecule is CCC(O)N(C(O)CC)N(C(C)O)C(C)O. The molecule has 0 radical (unpaired) electrons. The highest BCUT2D eigenvalue weighted by Gasteiger charge is 2.32. The maximum Gasteiger partial charge on any atom is 0.122 e. The van der Waals surface area contributed by atoms with Crippen LogP contribution in [-0.2, 0) is 0 Å². The number of aliphatic hydroxyl groups excluding tert-OH is 4. The maximum atomic E-state index is 9.79. The van der Waals surface area contributed by atoms with Crippen LogP contribution in [0.3, 0.4) is 0 Å². The van der Waals surface area contributed by atoms with Crippen molar-refractivity contribution in [3.05, 3.63) is 0 Å². The first-order valence-electron chi connectivity index (χ1n) is 5.65. The Morgan fingerprint density at radius 2 is 1.06 bits per heavy atom. The molecular formula is C10H24N2O4. The number of aliphatic hydroxyl groups is 4. The molecule has 0 aromatic carbocycles. The lowest BCUT2D eigenvalue weighted by atomic mass is 10.3. The fourth-order valence-electron chi connectivity index (χ4n) is 1.58. The van der Waals surface area contributed by atoms with Crippen LogP contribution >= 0.6 is 0 Å². The van der Waals surface area contributed by atoms with Crippen LogP contribution in [0, 0.1) is 0 Å². The summed E-state index contributed by atoms with van der Waals surface area (Å²) in [4.78, 5) is 0. The highest BCUT2D eigenvalue weighted by Crippen LogP contribution is 2.16. The maximum absolute atomic E-state index is 9.79. The van der Waals surface area contributed by atoms with Gasteiger partial charge in [0.05, 0.1) is 0 Å². The summed E-state index contributed by atoms with van der Waals surface area (Å²) in [7, 11) is 0. The van der Waals surface area contributed by atoms with Crippen molar-refractivity contribution in [1.82, 2.24) is 10.0 Å². The molecule has 6 heteroatoms. The molecule has 0 aliphatic carbocycles. The van der Waals surface area contributed by atoms with E-state index in [9.17, 15) is 20.4 Å². The molecule has 4 N–H and O–H groups in total. The van der Waals surface area contributed by atoms with Crippen molar-refractivity contribution < 1.29 is 20.4 Å². The first-order chi connectivity index (χ1) is 7.36. The van der Waals surface area contributed by atoms with Crippen LogP contribution in [0.2, 0.25) is 0 Å². The highest BCUT2D eigenvalue weighted by molar-refractivity contribution is 4.65. The first kappa shape index (κ1) is 15.8. The fraction of sp³-hybridized carbons (Fsp3) is 1.00. The average molecular weight is 236 g/mol. The van der Waals surface area contributed by atoms with Crippen molar-refractivity contribution in [3.63, 3.8) is 0 Å². The van der Waals surface area contributed by atoms with Gasteiger partial charge in [-0.3, -0.25) is 0 Å². The van der Waals surface area contributed by atoms with Crippen LogP contribution in [0.1, 0.15) is 40.5 Å². The van der Waals surface area contributed by atoms with Crippen molar-refractivity contribution in [1.29, 1.82) is 0 Å². The second-order valence-corrected chi connectivity index (χ2v) is 3.80. The van der Waals surface area contributed by atoms with Gasteiger partial charge >= 0.3 is 0 Å². The lowest BCUT2D eigenvalue weighted by Gasteiger charge is -2.43. The molecule has 0 heterocycles. The van der Waals surface area contributed by atoms with Gasteiger partial charge in [-0.25, -0.2) is 0 Å². The number of hydrazine groups is 1. The van der Waals surface area contributed by atoms with Gasteiger partial charge in [-0.05, 0) is 26.7 Å². The molecule has 0 spiro atoms. The van der Waals surface area contributed by atoms with E-state index < -0.39 is 24.9 Å². The van der Waals surface area contributed by atoms with E-state index in [0.29, 0.717) is 12.8 Å². The zero-order valence-corrected chi connectivity index (χ0v) is 10.4. The van der Waals surface area contributed by atoms with Gasteiger partial charge in [-0.15, -0.1) is 0 Å². The quantitative estimate of drug-likeness (QED) is 0.357. The normalized spacial score (nSPS) is 19.9. The summed E-state index contributed by atoms with van der Waals surface area (Å²) < 4.78 is 0. The molecule has 6 nitrogen and oxygen atoms in total. The number of rotatable bonds is 7. The largest absolute Gasteiger partial charge is 0.377 e. The lowest BCUT2D eigenvalue weighted by molar-refractivity contribution is -0.298. The van der Waals surface area contributed by atoms with Gasteiger partial charge in [0, 0.05) is 0 Å². The third kappa shape index (κ3) is 3.97. The molecular weight excluding hydrogens is 212 g/mol. The summed E-state index contributed by atoms with van der Waals surface area (Å²) in [6.45, 7) is 6.43. The molecule has 0 amide bonds. The molecule has 0 aromatic heterocycles. The summed E-state index contributed by atoms with van der Waals surface area (Å²) >= 11 is 0. The molecule has 0 aliphatic rings.